The number of hydrogen-bond donors (Lipinski definition) is 4. The Morgan fingerprint density at radius 3 is 1.66 bits per heavy atom. The van der Waals surface area contributed by atoms with E-state index in [1.807, 2.05) is 12.2 Å². The van der Waals surface area contributed by atoms with Gasteiger partial charge in [0.05, 0.1) is 25.4 Å². The highest BCUT2D eigenvalue weighted by atomic mass is 31.2. The predicted molar refractivity (Wildman–Crippen MR) is 241 cm³/mol. The molecule has 0 fully saturated rings. The van der Waals surface area contributed by atoms with Crippen LogP contribution in [0, 0.1) is 0 Å². The minimum Gasteiger partial charge on any atom is -0.462 e. The molecule has 59 heavy (non-hydrogen) atoms. The van der Waals surface area contributed by atoms with Crippen LogP contribution < -0.4 is 5.73 Å². The number of rotatable bonds is 42. The zero-order chi connectivity index (χ0) is 43.5. The van der Waals surface area contributed by atoms with Gasteiger partial charge in [-0.15, -0.1) is 0 Å². The number of hydrogen-bond acceptors (Lipinski definition) is 10. The smallest absolute Gasteiger partial charge is 0.462 e. The summed E-state index contributed by atoms with van der Waals surface area (Å²) < 4.78 is 32.6. The first-order valence-corrected chi connectivity index (χ1v) is 24.4. The van der Waals surface area contributed by atoms with Crippen LogP contribution in [0.25, 0.3) is 0 Å². The quantitative estimate of drug-likeness (QED) is 0.0199. The van der Waals surface area contributed by atoms with E-state index in [1.54, 1.807) is 0 Å². The van der Waals surface area contributed by atoms with E-state index < -0.39 is 44.7 Å². The summed E-state index contributed by atoms with van der Waals surface area (Å²) in [6.07, 6.45) is 42.8. The molecule has 5 N–H and O–H groups in total. The number of phosphoric ester groups is 1. The second-order valence-corrected chi connectivity index (χ2v) is 16.6. The Morgan fingerprint density at radius 1 is 0.593 bits per heavy atom. The number of ether oxygens (including phenoxy) is 2. The van der Waals surface area contributed by atoms with Crippen molar-refractivity contribution in [1.82, 2.24) is 0 Å². The average Bonchev–Trinajstić information content (AvgIpc) is 3.22. The molecule has 0 aromatic heterocycles. The summed E-state index contributed by atoms with van der Waals surface area (Å²) in [7, 11) is -4.45. The third-order valence-electron chi connectivity index (χ3n) is 9.59. The molecule has 0 amide bonds. The first-order valence-electron chi connectivity index (χ1n) is 22.9. The zero-order valence-corrected chi connectivity index (χ0v) is 37.8. The van der Waals surface area contributed by atoms with E-state index in [0.717, 1.165) is 44.9 Å². The van der Waals surface area contributed by atoms with Crippen LogP contribution >= 0.6 is 7.82 Å². The van der Waals surface area contributed by atoms with Gasteiger partial charge in [0.1, 0.15) is 6.61 Å². The minimum atomic E-state index is -4.45. The van der Waals surface area contributed by atoms with Crippen LogP contribution in [0.3, 0.4) is 0 Å². The summed E-state index contributed by atoms with van der Waals surface area (Å²) in [6, 6.07) is 0. The number of unbranched alkanes of at least 4 members (excludes halogenated alkanes) is 15. The predicted octanol–water partition coefficient (Wildman–Crippen LogP) is 11.2. The van der Waals surface area contributed by atoms with Crippen LogP contribution in [-0.2, 0) is 32.7 Å². The van der Waals surface area contributed by atoms with E-state index in [2.05, 4.69) is 62.5 Å². The van der Waals surface area contributed by atoms with Crippen LogP contribution in [0.1, 0.15) is 181 Å². The highest BCUT2D eigenvalue weighted by Crippen LogP contribution is 2.43. The SMILES string of the molecule is CC/C=C\C/C=C\C/C=C\C/C=C\C[C@H](O)[C@@H](O)CCCC(=O)OC[C@H](COP(=O)(O)OCCN)OC(=O)CCCCCCCCCCC/C=C\CCCCCCCC. The molecule has 0 saturated carbocycles. The molecule has 0 aromatic carbocycles. The number of nitrogens with two attached hydrogens (primary N) is 1. The third kappa shape index (κ3) is 40.8. The number of aliphatic hydroxyl groups excluding tert-OH is 2. The monoisotopic (exact) mass is 854 g/mol. The Hall–Kier alpha value is -2.37. The van der Waals surface area contributed by atoms with Gasteiger partial charge in [0, 0.05) is 19.4 Å². The maximum atomic E-state index is 12.6. The van der Waals surface area contributed by atoms with Crippen LogP contribution in [0.2, 0.25) is 0 Å². The number of allylic oxidation sites excluding steroid dienone is 9. The first kappa shape index (κ1) is 56.6. The molecular formula is C47H84NO10P. The molecule has 0 spiro atoms. The maximum absolute atomic E-state index is 12.6. The Kier molecular flexibility index (Phi) is 40.6. The highest BCUT2D eigenvalue weighted by molar-refractivity contribution is 7.47. The molecule has 0 aliphatic carbocycles. The van der Waals surface area contributed by atoms with Crippen molar-refractivity contribution in [3.8, 4) is 0 Å². The van der Waals surface area contributed by atoms with Crippen molar-refractivity contribution in [2.45, 2.75) is 199 Å². The zero-order valence-electron chi connectivity index (χ0n) is 36.9. The van der Waals surface area contributed by atoms with Gasteiger partial charge in [-0.05, 0) is 77.0 Å². The normalized spacial score (nSPS) is 14.9. The van der Waals surface area contributed by atoms with Crippen molar-refractivity contribution in [2.24, 2.45) is 5.73 Å². The lowest BCUT2D eigenvalue weighted by Crippen LogP contribution is -2.30. The fourth-order valence-electron chi connectivity index (χ4n) is 6.07. The molecule has 4 atom stereocenters. The average molecular weight is 854 g/mol. The number of phosphoric acid groups is 1. The molecule has 0 bridgehead atoms. The van der Waals surface area contributed by atoms with Gasteiger partial charge in [-0.1, -0.05) is 152 Å². The Bertz CT molecular complexity index is 1190. The van der Waals surface area contributed by atoms with Crippen molar-refractivity contribution >= 4 is 19.8 Å². The highest BCUT2D eigenvalue weighted by Gasteiger charge is 2.26. The second kappa shape index (κ2) is 42.3. The lowest BCUT2D eigenvalue weighted by atomic mass is 10.0. The van der Waals surface area contributed by atoms with Gasteiger partial charge in [0.15, 0.2) is 6.10 Å². The van der Waals surface area contributed by atoms with Crippen LogP contribution in [0.4, 0.5) is 0 Å². The number of aliphatic hydroxyl groups is 2. The van der Waals surface area contributed by atoms with Crippen LogP contribution in [0.15, 0.2) is 60.8 Å². The third-order valence-corrected chi connectivity index (χ3v) is 10.6. The van der Waals surface area contributed by atoms with Crippen LogP contribution in [0.5, 0.6) is 0 Å². The molecule has 342 valence electrons. The van der Waals surface area contributed by atoms with Crippen molar-refractivity contribution in [3.63, 3.8) is 0 Å². The maximum Gasteiger partial charge on any atom is 0.472 e. The van der Waals surface area contributed by atoms with E-state index in [0.29, 0.717) is 6.42 Å². The van der Waals surface area contributed by atoms with Gasteiger partial charge in [0.2, 0.25) is 0 Å². The second-order valence-electron chi connectivity index (χ2n) is 15.2. The van der Waals surface area contributed by atoms with Gasteiger partial charge in [-0.25, -0.2) is 4.57 Å². The summed E-state index contributed by atoms with van der Waals surface area (Å²) in [6.45, 7) is 3.28. The van der Waals surface area contributed by atoms with Gasteiger partial charge >= 0.3 is 19.8 Å². The van der Waals surface area contributed by atoms with E-state index in [9.17, 15) is 29.3 Å². The summed E-state index contributed by atoms with van der Waals surface area (Å²) >= 11 is 0. The Morgan fingerprint density at radius 2 is 1.10 bits per heavy atom. The summed E-state index contributed by atoms with van der Waals surface area (Å²) in [5.74, 6) is -1.12. The molecule has 0 aliphatic rings. The molecule has 0 rings (SSSR count). The summed E-state index contributed by atoms with van der Waals surface area (Å²) in [4.78, 5) is 35.0. The lowest BCUT2D eigenvalue weighted by molar-refractivity contribution is -0.161. The fourth-order valence-corrected chi connectivity index (χ4v) is 6.83. The molecule has 0 heterocycles. The van der Waals surface area contributed by atoms with Gasteiger partial charge < -0.3 is 30.3 Å². The van der Waals surface area contributed by atoms with Crippen LogP contribution in [-0.4, -0.2) is 71.7 Å². The minimum absolute atomic E-state index is 0.0113. The molecule has 0 saturated heterocycles. The Balaban J connectivity index is 4.34. The van der Waals surface area contributed by atoms with E-state index in [1.165, 1.54) is 83.5 Å². The van der Waals surface area contributed by atoms with Crippen molar-refractivity contribution in [1.29, 1.82) is 0 Å². The standard InChI is InChI=1S/C47H84NO10P/c1-3-5-7-9-11-13-15-17-18-19-20-21-22-23-25-27-29-31-33-37-47(52)58-43(42-57-59(53,54)56-40-39-48)41-55-46(51)38-34-36-45(50)44(49)35-32-30-28-26-24-16-14-12-10-8-6-4-2/h6,8,12,14,17-18,24,26,30,32,43-45,49-50H,3-5,7,9-11,13,15-16,19-23,25,27-29,31,33-42,48H2,1-2H3,(H,53,54)/b8-6-,14-12-,18-17-,26-24-,32-30-/t43-,44+,45+/m1/s1. The first-order chi connectivity index (χ1) is 28.6. The molecule has 0 aliphatic heterocycles. The van der Waals surface area contributed by atoms with Gasteiger partial charge in [0.25, 0.3) is 0 Å². The molecule has 1 unspecified atom stereocenters. The topological polar surface area (TPSA) is 175 Å². The van der Waals surface area contributed by atoms with Gasteiger partial charge in [-0.3, -0.25) is 18.6 Å². The van der Waals surface area contributed by atoms with E-state index in [4.69, 9.17) is 24.3 Å². The molecule has 12 heteroatoms. The van der Waals surface area contributed by atoms with E-state index >= 15 is 0 Å². The van der Waals surface area contributed by atoms with Crippen molar-refractivity contribution < 1.29 is 47.8 Å². The van der Waals surface area contributed by atoms with Crippen molar-refractivity contribution in [2.75, 3.05) is 26.4 Å². The molecule has 11 nitrogen and oxygen atoms in total. The summed E-state index contributed by atoms with van der Waals surface area (Å²) in [5, 5.41) is 20.7. The summed E-state index contributed by atoms with van der Waals surface area (Å²) in [5.41, 5.74) is 5.34. The fraction of sp³-hybridized carbons (Fsp3) is 0.745. The Labute approximate surface area is 358 Å². The molecule has 0 radical (unpaired) electrons. The van der Waals surface area contributed by atoms with Gasteiger partial charge in [-0.2, -0.15) is 0 Å². The number of carbonyl (C=O) groups excluding carboxylic acids is 2. The number of esters is 2. The molecule has 0 aromatic rings. The lowest BCUT2D eigenvalue weighted by Gasteiger charge is -2.20. The van der Waals surface area contributed by atoms with Crippen molar-refractivity contribution in [3.05, 3.63) is 60.8 Å². The number of carbonyl (C=O) groups is 2. The largest absolute Gasteiger partial charge is 0.472 e. The molecular weight excluding hydrogens is 769 g/mol. The van der Waals surface area contributed by atoms with E-state index in [-0.39, 0.29) is 51.9 Å².